The molecule has 0 heterocycles. The van der Waals surface area contributed by atoms with E-state index in [9.17, 15) is 0 Å². The topological polar surface area (TPSA) is 18.5 Å². The highest BCUT2D eigenvalue weighted by Crippen LogP contribution is 2.26. The molecule has 112 valence electrons. The van der Waals surface area contributed by atoms with E-state index in [1.54, 1.807) is 0 Å². The van der Waals surface area contributed by atoms with E-state index < -0.39 is 16.6 Å². The first-order chi connectivity index (χ1) is 8.57. The standard InChI is InChI=1S/C15H32O2Si2/c1-13-9-8-10-14(16-18(2,3)4)15(12-11-13)17-19(5,6)7/h11,14-15H,8-10,12H2,1-7H3/b13-11-. The summed E-state index contributed by atoms with van der Waals surface area (Å²) in [4.78, 5) is 0. The van der Waals surface area contributed by atoms with Gasteiger partial charge in [-0.05, 0) is 71.9 Å². The summed E-state index contributed by atoms with van der Waals surface area (Å²) in [6.45, 7) is 15.9. The molecule has 0 aromatic carbocycles. The molecule has 0 amide bonds. The Morgan fingerprint density at radius 3 is 2.00 bits per heavy atom. The summed E-state index contributed by atoms with van der Waals surface area (Å²) < 4.78 is 12.8. The van der Waals surface area contributed by atoms with Gasteiger partial charge in [-0.15, -0.1) is 0 Å². The number of hydrogen-bond donors (Lipinski definition) is 0. The van der Waals surface area contributed by atoms with Crippen molar-refractivity contribution in [3.8, 4) is 0 Å². The van der Waals surface area contributed by atoms with Gasteiger partial charge in [-0.1, -0.05) is 11.6 Å². The van der Waals surface area contributed by atoms with Crippen LogP contribution in [0.1, 0.15) is 32.6 Å². The maximum Gasteiger partial charge on any atom is 0.184 e. The minimum absolute atomic E-state index is 0.258. The van der Waals surface area contributed by atoms with Crippen LogP contribution in [0.15, 0.2) is 11.6 Å². The SMILES string of the molecule is C/C1=C/CC(O[Si](C)(C)C)C(O[Si](C)(C)C)CCC1. The molecule has 0 aromatic rings. The van der Waals surface area contributed by atoms with E-state index in [2.05, 4.69) is 52.3 Å². The molecule has 0 radical (unpaired) electrons. The van der Waals surface area contributed by atoms with Crippen molar-refractivity contribution in [2.24, 2.45) is 0 Å². The smallest absolute Gasteiger partial charge is 0.184 e. The Kier molecular flexibility index (Phi) is 6.05. The van der Waals surface area contributed by atoms with Gasteiger partial charge in [0.1, 0.15) is 0 Å². The van der Waals surface area contributed by atoms with Crippen LogP contribution < -0.4 is 0 Å². The zero-order chi connectivity index (χ0) is 14.7. The fraction of sp³-hybridized carbons (Fsp3) is 0.867. The van der Waals surface area contributed by atoms with E-state index in [1.807, 2.05) is 0 Å². The molecule has 1 rings (SSSR count). The Bertz CT molecular complexity index is 313. The predicted octanol–water partition coefficient (Wildman–Crippen LogP) is 4.95. The van der Waals surface area contributed by atoms with E-state index in [0.29, 0.717) is 6.10 Å². The second kappa shape index (κ2) is 6.70. The quantitative estimate of drug-likeness (QED) is 0.540. The first-order valence-corrected chi connectivity index (χ1v) is 14.4. The third kappa shape index (κ3) is 7.44. The first-order valence-electron chi connectivity index (χ1n) is 7.58. The zero-order valence-corrected chi connectivity index (χ0v) is 15.9. The van der Waals surface area contributed by atoms with Gasteiger partial charge in [-0.2, -0.15) is 0 Å². The Hall–Kier alpha value is 0.0938. The molecule has 4 heteroatoms. The van der Waals surface area contributed by atoms with E-state index in [0.717, 1.165) is 12.8 Å². The molecule has 1 aliphatic rings. The lowest BCUT2D eigenvalue weighted by Crippen LogP contribution is -2.44. The fourth-order valence-electron chi connectivity index (χ4n) is 2.51. The molecule has 0 N–H and O–H groups in total. The second-order valence-electron chi connectivity index (χ2n) is 7.72. The monoisotopic (exact) mass is 300 g/mol. The molecule has 0 bridgehead atoms. The summed E-state index contributed by atoms with van der Waals surface area (Å²) in [6.07, 6.45) is 7.52. The summed E-state index contributed by atoms with van der Waals surface area (Å²) in [5.74, 6) is 0. The van der Waals surface area contributed by atoms with Crippen molar-refractivity contribution >= 4 is 16.6 Å². The van der Waals surface area contributed by atoms with Gasteiger partial charge in [0.2, 0.25) is 0 Å². The third-order valence-electron chi connectivity index (χ3n) is 3.18. The highest BCUT2D eigenvalue weighted by atomic mass is 28.4. The first kappa shape index (κ1) is 17.1. The molecule has 2 atom stereocenters. The van der Waals surface area contributed by atoms with Crippen LogP contribution in [-0.2, 0) is 8.85 Å². The molecule has 0 fully saturated rings. The van der Waals surface area contributed by atoms with E-state index >= 15 is 0 Å². The third-order valence-corrected chi connectivity index (χ3v) is 5.20. The number of rotatable bonds is 4. The van der Waals surface area contributed by atoms with Gasteiger partial charge in [0.05, 0.1) is 12.2 Å². The van der Waals surface area contributed by atoms with Crippen LogP contribution in [0.5, 0.6) is 0 Å². The maximum absolute atomic E-state index is 6.41. The van der Waals surface area contributed by atoms with Gasteiger partial charge in [0, 0.05) is 0 Å². The van der Waals surface area contributed by atoms with Crippen molar-refractivity contribution in [1.29, 1.82) is 0 Å². The van der Waals surface area contributed by atoms with E-state index in [1.165, 1.54) is 18.4 Å². The van der Waals surface area contributed by atoms with Crippen molar-refractivity contribution in [3.63, 3.8) is 0 Å². The lowest BCUT2D eigenvalue weighted by atomic mass is 9.97. The summed E-state index contributed by atoms with van der Waals surface area (Å²) in [5, 5.41) is 0. The summed E-state index contributed by atoms with van der Waals surface area (Å²) in [7, 11) is -3.02. The van der Waals surface area contributed by atoms with E-state index in [-0.39, 0.29) is 6.10 Å². The Morgan fingerprint density at radius 2 is 1.47 bits per heavy atom. The van der Waals surface area contributed by atoms with Crippen molar-refractivity contribution in [1.82, 2.24) is 0 Å². The van der Waals surface area contributed by atoms with Crippen LogP contribution in [0.25, 0.3) is 0 Å². The molecule has 2 unspecified atom stereocenters. The Balaban J connectivity index is 2.82. The summed E-state index contributed by atoms with van der Waals surface area (Å²) in [6, 6.07) is 0. The van der Waals surface area contributed by atoms with Crippen molar-refractivity contribution in [2.75, 3.05) is 0 Å². The van der Waals surface area contributed by atoms with Gasteiger partial charge in [-0.3, -0.25) is 0 Å². The van der Waals surface area contributed by atoms with Gasteiger partial charge < -0.3 is 8.85 Å². The highest BCUT2D eigenvalue weighted by molar-refractivity contribution is 6.70. The number of hydrogen-bond acceptors (Lipinski definition) is 2. The Labute approximate surface area is 121 Å². The lowest BCUT2D eigenvalue weighted by Gasteiger charge is -2.37. The molecule has 1 aliphatic carbocycles. The average Bonchev–Trinajstić information content (AvgIpc) is 2.17. The van der Waals surface area contributed by atoms with Crippen LogP contribution in [0, 0.1) is 0 Å². The normalized spacial score (nSPS) is 29.3. The number of allylic oxidation sites excluding steroid dienone is 1. The average molecular weight is 301 g/mol. The van der Waals surface area contributed by atoms with Crippen molar-refractivity contribution in [2.45, 2.75) is 84.1 Å². The van der Waals surface area contributed by atoms with Crippen LogP contribution in [-0.4, -0.2) is 28.8 Å². The fourth-order valence-corrected chi connectivity index (χ4v) is 4.84. The molecule has 0 saturated carbocycles. The Morgan fingerprint density at radius 1 is 0.947 bits per heavy atom. The van der Waals surface area contributed by atoms with Crippen LogP contribution in [0.2, 0.25) is 39.3 Å². The largest absolute Gasteiger partial charge is 0.412 e. The highest BCUT2D eigenvalue weighted by Gasteiger charge is 2.31. The molecule has 0 aliphatic heterocycles. The molecular formula is C15H32O2Si2. The predicted molar refractivity (Wildman–Crippen MR) is 88.7 cm³/mol. The summed E-state index contributed by atoms with van der Waals surface area (Å²) >= 11 is 0. The lowest BCUT2D eigenvalue weighted by molar-refractivity contribution is 0.0376. The molecule has 0 saturated heterocycles. The maximum atomic E-state index is 6.41. The molecule has 0 aromatic heterocycles. The molecule has 19 heavy (non-hydrogen) atoms. The second-order valence-corrected chi connectivity index (χ2v) is 16.6. The van der Waals surface area contributed by atoms with E-state index in [4.69, 9.17) is 8.85 Å². The minimum Gasteiger partial charge on any atom is -0.412 e. The molecule has 2 nitrogen and oxygen atoms in total. The minimum atomic E-state index is -1.52. The van der Waals surface area contributed by atoms with Crippen molar-refractivity contribution in [3.05, 3.63) is 11.6 Å². The van der Waals surface area contributed by atoms with Crippen LogP contribution >= 0.6 is 0 Å². The molecule has 0 spiro atoms. The van der Waals surface area contributed by atoms with Gasteiger partial charge in [0.15, 0.2) is 16.6 Å². The van der Waals surface area contributed by atoms with Gasteiger partial charge in [0.25, 0.3) is 0 Å². The van der Waals surface area contributed by atoms with Crippen LogP contribution in [0.4, 0.5) is 0 Å². The van der Waals surface area contributed by atoms with Gasteiger partial charge in [-0.25, -0.2) is 0 Å². The van der Waals surface area contributed by atoms with Crippen molar-refractivity contribution < 1.29 is 8.85 Å². The van der Waals surface area contributed by atoms with Gasteiger partial charge >= 0.3 is 0 Å². The molecular weight excluding hydrogens is 268 g/mol. The zero-order valence-electron chi connectivity index (χ0n) is 13.9. The summed E-state index contributed by atoms with van der Waals surface area (Å²) in [5.41, 5.74) is 1.51. The van der Waals surface area contributed by atoms with Crippen LogP contribution in [0.3, 0.4) is 0 Å².